The van der Waals surface area contributed by atoms with Crippen LogP contribution < -0.4 is 10.6 Å². The Morgan fingerprint density at radius 2 is 2.04 bits per heavy atom. The number of aliphatic imine (C=N–C) groups is 1. The summed E-state index contributed by atoms with van der Waals surface area (Å²) < 4.78 is 5.42. The van der Waals surface area contributed by atoms with Gasteiger partial charge < -0.3 is 15.2 Å². The van der Waals surface area contributed by atoms with Gasteiger partial charge in [0, 0.05) is 37.2 Å². The van der Waals surface area contributed by atoms with Crippen LogP contribution in [0.25, 0.3) is 0 Å². The number of nitrogens with zero attached hydrogens (tertiary/aromatic N) is 3. The molecule has 23 heavy (non-hydrogen) atoms. The van der Waals surface area contributed by atoms with Crippen LogP contribution >= 0.6 is 35.7 Å². The highest BCUT2D eigenvalue weighted by atomic mass is 127. The Morgan fingerprint density at radius 1 is 1.35 bits per heavy atom. The first-order chi connectivity index (χ1) is 10.4. The Labute approximate surface area is 161 Å². The lowest BCUT2D eigenvalue weighted by Crippen LogP contribution is -2.43. The predicted molar refractivity (Wildman–Crippen MR) is 109 cm³/mol. The second kappa shape index (κ2) is 11.1. The maximum atomic E-state index is 5.23. The fourth-order valence-electron chi connectivity index (χ4n) is 1.64. The van der Waals surface area contributed by atoms with Crippen molar-refractivity contribution in [3.05, 3.63) is 11.7 Å². The first-order valence-corrected chi connectivity index (χ1v) is 8.92. The molecule has 134 valence electrons. The van der Waals surface area contributed by atoms with E-state index in [1.54, 1.807) is 7.05 Å². The Morgan fingerprint density at radius 3 is 2.57 bits per heavy atom. The van der Waals surface area contributed by atoms with Gasteiger partial charge in [0.15, 0.2) is 11.8 Å². The average molecular weight is 455 g/mol. The Balaban J connectivity index is 0.00000484. The lowest BCUT2D eigenvalue weighted by molar-refractivity contribution is 0.368. The molecule has 0 aliphatic carbocycles. The zero-order valence-electron chi connectivity index (χ0n) is 15.0. The molecule has 0 spiro atoms. The molecule has 1 aromatic heterocycles. The van der Waals surface area contributed by atoms with E-state index in [1.807, 2.05) is 11.8 Å². The van der Waals surface area contributed by atoms with Crippen molar-refractivity contribution in [2.24, 2.45) is 4.99 Å². The second-order valence-corrected chi connectivity index (χ2v) is 7.63. The molecular formula is C15H30IN5OS. The third-order valence-electron chi connectivity index (χ3n) is 3.32. The lowest BCUT2D eigenvalue weighted by Gasteiger charge is -2.23. The number of aryl methyl sites for hydroxylation is 1. The molecule has 1 rings (SSSR count). The van der Waals surface area contributed by atoms with E-state index in [-0.39, 0.29) is 28.7 Å². The van der Waals surface area contributed by atoms with Gasteiger partial charge in [-0.2, -0.15) is 16.7 Å². The Hall–Kier alpha value is -0.510. The van der Waals surface area contributed by atoms with Crippen molar-refractivity contribution in [2.45, 2.75) is 51.2 Å². The molecule has 8 heteroatoms. The molecule has 0 fully saturated rings. The van der Waals surface area contributed by atoms with E-state index in [9.17, 15) is 0 Å². The molecule has 0 saturated heterocycles. The van der Waals surface area contributed by atoms with Crippen LogP contribution in [0.2, 0.25) is 0 Å². The monoisotopic (exact) mass is 455 g/mol. The summed E-state index contributed by atoms with van der Waals surface area (Å²) in [7, 11) is 1.79. The fraction of sp³-hybridized carbons (Fsp3) is 0.800. The quantitative estimate of drug-likeness (QED) is 0.272. The van der Waals surface area contributed by atoms with Gasteiger partial charge in [-0.1, -0.05) is 19.0 Å². The molecule has 6 nitrogen and oxygen atoms in total. The predicted octanol–water partition coefficient (Wildman–Crippen LogP) is 3.05. The molecule has 0 atom stereocenters. The summed E-state index contributed by atoms with van der Waals surface area (Å²) in [5.74, 6) is 2.62. The summed E-state index contributed by atoms with van der Waals surface area (Å²) in [5.41, 5.74) is 0. The summed E-state index contributed by atoms with van der Waals surface area (Å²) >= 11 is 1.84. The SMILES string of the molecule is CN=C(NCCCc1nc(C(C)C)no1)NCC(C)(C)SC.I. The van der Waals surface area contributed by atoms with Crippen molar-refractivity contribution in [1.29, 1.82) is 0 Å². The summed E-state index contributed by atoms with van der Waals surface area (Å²) in [5, 5.41) is 10.6. The largest absolute Gasteiger partial charge is 0.356 e. The number of hydrogen-bond acceptors (Lipinski definition) is 5. The van der Waals surface area contributed by atoms with E-state index >= 15 is 0 Å². The summed E-state index contributed by atoms with van der Waals surface area (Å²) in [4.78, 5) is 8.60. The number of guanidine groups is 1. The zero-order valence-corrected chi connectivity index (χ0v) is 18.1. The minimum atomic E-state index is 0. The molecule has 0 aliphatic heterocycles. The standard InChI is InChI=1S/C15H29N5OS.HI/c1-11(2)13-19-12(21-20-13)8-7-9-17-14(16-5)18-10-15(3,4)22-6;/h11H,7-10H2,1-6H3,(H2,16,17,18);1H. The minimum absolute atomic E-state index is 0. The lowest BCUT2D eigenvalue weighted by atomic mass is 10.2. The highest BCUT2D eigenvalue weighted by molar-refractivity contribution is 14.0. The first kappa shape index (κ1) is 22.5. The second-order valence-electron chi connectivity index (χ2n) is 6.12. The number of aromatic nitrogens is 2. The minimum Gasteiger partial charge on any atom is -0.356 e. The smallest absolute Gasteiger partial charge is 0.226 e. The average Bonchev–Trinajstić information content (AvgIpc) is 2.95. The van der Waals surface area contributed by atoms with Crippen molar-refractivity contribution >= 4 is 41.7 Å². The molecule has 0 aromatic carbocycles. The van der Waals surface area contributed by atoms with Gasteiger partial charge in [-0.3, -0.25) is 4.99 Å². The van der Waals surface area contributed by atoms with Crippen LogP contribution in [-0.2, 0) is 6.42 Å². The summed E-state index contributed by atoms with van der Waals surface area (Å²) in [6.45, 7) is 10.2. The van der Waals surface area contributed by atoms with Gasteiger partial charge in [0.2, 0.25) is 5.89 Å². The van der Waals surface area contributed by atoms with Gasteiger partial charge >= 0.3 is 0 Å². The van der Waals surface area contributed by atoms with Crippen LogP contribution in [0.5, 0.6) is 0 Å². The Kier molecular flexibility index (Phi) is 10.9. The molecule has 0 radical (unpaired) electrons. The molecule has 1 heterocycles. The van der Waals surface area contributed by atoms with Gasteiger partial charge in [-0.15, -0.1) is 24.0 Å². The molecular weight excluding hydrogens is 425 g/mol. The molecule has 0 amide bonds. The zero-order chi connectivity index (χ0) is 16.6. The van der Waals surface area contributed by atoms with Crippen molar-refractivity contribution in [1.82, 2.24) is 20.8 Å². The van der Waals surface area contributed by atoms with Gasteiger partial charge in [-0.05, 0) is 26.5 Å². The van der Waals surface area contributed by atoms with Gasteiger partial charge in [0.05, 0.1) is 0 Å². The van der Waals surface area contributed by atoms with E-state index in [2.05, 4.69) is 59.7 Å². The van der Waals surface area contributed by atoms with Gasteiger partial charge in [-0.25, -0.2) is 0 Å². The number of hydrogen-bond donors (Lipinski definition) is 2. The van der Waals surface area contributed by atoms with E-state index in [4.69, 9.17) is 4.52 Å². The number of halogens is 1. The van der Waals surface area contributed by atoms with Gasteiger partial charge in [0.1, 0.15) is 0 Å². The van der Waals surface area contributed by atoms with Crippen LogP contribution in [0, 0.1) is 0 Å². The van der Waals surface area contributed by atoms with E-state index < -0.39 is 0 Å². The van der Waals surface area contributed by atoms with E-state index in [0.29, 0.717) is 11.8 Å². The highest BCUT2D eigenvalue weighted by Crippen LogP contribution is 2.19. The number of nitrogens with one attached hydrogen (secondary N) is 2. The highest BCUT2D eigenvalue weighted by Gasteiger charge is 2.16. The first-order valence-electron chi connectivity index (χ1n) is 7.70. The van der Waals surface area contributed by atoms with Crippen LogP contribution in [0.15, 0.2) is 9.52 Å². The molecule has 0 unspecified atom stereocenters. The number of thioether (sulfide) groups is 1. The van der Waals surface area contributed by atoms with E-state index in [0.717, 1.165) is 37.7 Å². The van der Waals surface area contributed by atoms with Crippen molar-refractivity contribution in [2.75, 3.05) is 26.4 Å². The Bertz CT molecular complexity index is 476. The van der Waals surface area contributed by atoms with Crippen LogP contribution in [0.3, 0.4) is 0 Å². The fourth-order valence-corrected chi connectivity index (χ4v) is 1.86. The van der Waals surface area contributed by atoms with Crippen LogP contribution in [0.1, 0.15) is 51.7 Å². The van der Waals surface area contributed by atoms with E-state index in [1.165, 1.54) is 0 Å². The third-order valence-corrected chi connectivity index (χ3v) is 4.57. The molecule has 0 saturated carbocycles. The topological polar surface area (TPSA) is 75.3 Å². The summed E-state index contributed by atoms with van der Waals surface area (Å²) in [6.07, 6.45) is 3.82. The molecule has 0 aliphatic rings. The molecule has 2 N–H and O–H groups in total. The van der Waals surface area contributed by atoms with Crippen molar-refractivity contribution in [3.8, 4) is 0 Å². The maximum absolute atomic E-state index is 5.23. The maximum Gasteiger partial charge on any atom is 0.226 e. The molecule has 1 aromatic rings. The van der Waals surface area contributed by atoms with Crippen molar-refractivity contribution in [3.63, 3.8) is 0 Å². The normalized spacial score (nSPS) is 12.2. The molecule has 0 bridgehead atoms. The third kappa shape index (κ3) is 8.78. The van der Waals surface area contributed by atoms with Crippen molar-refractivity contribution < 1.29 is 4.52 Å². The number of rotatable bonds is 8. The van der Waals surface area contributed by atoms with Crippen LogP contribution in [0.4, 0.5) is 0 Å². The van der Waals surface area contributed by atoms with Crippen LogP contribution in [-0.4, -0.2) is 47.2 Å². The van der Waals surface area contributed by atoms with Gasteiger partial charge in [0.25, 0.3) is 0 Å². The summed E-state index contributed by atoms with van der Waals surface area (Å²) in [6, 6.07) is 0.